The topological polar surface area (TPSA) is 45.2 Å². The van der Waals surface area contributed by atoms with Crippen LogP contribution in [0.1, 0.15) is 19.3 Å². The average Bonchev–Trinajstić information content (AvgIpc) is 2.38. The zero-order valence-electron chi connectivity index (χ0n) is 9.82. The number of hydrogen-bond donors (Lipinski definition) is 1. The lowest BCUT2D eigenvalue weighted by Crippen LogP contribution is -2.48. The number of nitrogens with zero attached hydrogens (tertiary/aromatic N) is 2. The Morgan fingerprint density at radius 1 is 1.59 bits per heavy atom. The van der Waals surface area contributed by atoms with Gasteiger partial charge < -0.3 is 10.2 Å². The molecule has 0 radical (unpaired) electrons. The second-order valence-corrected chi connectivity index (χ2v) is 4.16. The van der Waals surface area contributed by atoms with E-state index in [-0.39, 0.29) is 11.9 Å². The Morgan fingerprint density at radius 2 is 2.41 bits per heavy atom. The van der Waals surface area contributed by atoms with E-state index in [9.17, 15) is 9.18 Å². The Kier molecular flexibility index (Phi) is 3.56. The van der Waals surface area contributed by atoms with Crippen molar-refractivity contribution in [2.75, 3.05) is 18.5 Å². The van der Waals surface area contributed by atoms with Crippen LogP contribution in [0.15, 0.2) is 18.3 Å². The molecule has 1 aliphatic rings. The van der Waals surface area contributed by atoms with Crippen LogP contribution >= 0.6 is 0 Å². The number of rotatable bonds is 2. The van der Waals surface area contributed by atoms with E-state index in [1.54, 1.807) is 13.1 Å². The summed E-state index contributed by atoms with van der Waals surface area (Å²) in [5.74, 6) is -0.523. The van der Waals surface area contributed by atoms with Gasteiger partial charge in [0.1, 0.15) is 6.04 Å². The molecule has 0 spiro atoms. The molecule has 0 aromatic carbocycles. The van der Waals surface area contributed by atoms with Crippen molar-refractivity contribution in [3.63, 3.8) is 0 Å². The van der Waals surface area contributed by atoms with E-state index in [1.807, 2.05) is 4.90 Å². The highest BCUT2D eigenvalue weighted by Gasteiger charge is 2.28. The average molecular weight is 237 g/mol. The zero-order chi connectivity index (χ0) is 12.3. The molecule has 1 unspecified atom stereocenters. The van der Waals surface area contributed by atoms with Crippen LogP contribution < -0.4 is 10.2 Å². The van der Waals surface area contributed by atoms with E-state index in [1.165, 1.54) is 12.3 Å². The molecule has 0 bridgehead atoms. The lowest BCUT2D eigenvalue weighted by atomic mass is 10.0. The molecule has 92 valence electrons. The summed E-state index contributed by atoms with van der Waals surface area (Å²) >= 11 is 0. The first-order valence-electron chi connectivity index (χ1n) is 5.82. The molecule has 0 saturated carbocycles. The summed E-state index contributed by atoms with van der Waals surface area (Å²) in [6, 6.07) is 2.92. The van der Waals surface area contributed by atoms with Crippen LogP contribution in [0.25, 0.3) is 0 Å². The number of carbonyl (C=O) groups is 1. The minimum atomic E-state index is -0.510. The van der Waals surface area contributed by atoms with Crippen molar-refractivity contribution in [3.8, 4) is 0 Å². The monoisotopic (exact) mass is 237 g/mol. The molecule has 1 fully saturated rings. The van der Waals surface area contributed by atoms with Gasteiger partial charge in [0.05, 0.1) is 0 Å². The molecular weight excluding hydrogens is 221 g/mol. The molecule has 2 heterocycles. The van der Waals surface area contributed by atoms with Crippen molar-refractivity contribution in [3.05, 3.63) is 24.3 Å². The van der Waals surface area contributed by atoms with Crippen LogP contribution in [-0.2, 0) is 4.79 Å². The molecule has 2 rings (SSSR count). The summed E-state index contributed by atoms with van der Waals surface area (Å²) in [6.45, 7) is 0.779. The van der Waals surface area contributed by atoms with Crippen molar-refractivity contribution in [1.82, 2.24) is 10.3 Å². The summed E-state index contributed by atoms with van der Waals surface area (Å²) in [4.78, 5) is 17.3. The van der Waals surface area contributed by atoms with Crippen molar-refractivity contribution in [2.45, 2.75) is 25.3 Å². The third-order valence-corrected chi connectivity index (χ3v) is 3.09. The van der Waals surface area contributed by atoms with Gasteiger partial charge in [-0.25, -0.2) is 4.98 Å². The van der Waals surface area contributed by atoms with Gasteiger partial charge >= 0.3 is 0 Å². The predicted molar refractivity (Wildman–Crippen MR) is 63.2 cm³/mol. The highest BCUT2D eigenvalue weighted by molar-refractivity contribution is 5.85. The fourth-order valence-electron chi connectivity index (χ4n) is 2.25. The van der Waals surface area contributed by atoms with Gasteiger partial charge in [0.2, 0.25) is 11.9 Å². The lowest BCUT2D eigenvalue weighted by molar-refractivity contribution is -0.122. The smallest absolute Gasteiger partial charge is 0.242 e. The number of halogens is 1. The summed E-state index contributed by atoms with van der Waals surface area (Å²) in [6.07, 6.45) is 4.30. The number of piperidine rings is 1. The fourth-order valence-corrected chi connectivity index (χ4v) is 2.25. The van der Waals surface area contributed by atoms with E-state index in [4.69, 9.17) is 0 Å². The molecule has 1 aromatic heterocycles. The van der Waals surface area contributed by atoms with Gasteiger partial charge in [-0.3, -0.25) is 4.79 Å². The number of hydrogen-bond acceptors (Lipinski definition) is 3. The highest BCUT2D eigenvalue weighted by Crippen LogP contribution is 2.24. The number of pyridine rings is 1. The maximum atomic E-state index is 13.1. The van der Waals surface area contributed by atoms with Crippen molar-refractivity contribution in [2.24, 2.45) is 0 Å². The molecule has 4 nitrogen and oxygen atoms in total. The quantitative estimate of drug-likeness (QED) is 0.789. The minimum Gasteiger partial charge on any atom is -0.359 e. The number of nitrogens with one attached hydrogen (secondary N) is 1. The molecule has 1 atom stereocenters. The van der Waals surface area contributed by atoms with E-state index < -0.39 is 5.95 Å². The van der Waals surface area contributed by atoms with Crippen LogP contribution in [0.4, 0.5) is 10.1 Å². The van der Waals surface area contributed by atoms with E-state index in [0.717, 1.165) is 31.5 Å². The third kappa shape index (κ3) is 2.54. The number of likely N-dealkylation sites (N-methyl/N-ethyl adjacent to an activating group) is 1. The molecule has 1 aromatic rings. The Bertz CT molecular complexity index is 410. The normalized spacial score (nSPS) is 20.1. The first-order valence-corrected chi connectivity index (χ1v) is 5.82. The van der Waals surface area contributed by atoms with Gasteiger partial charge in [0.25, 0.3) is 0 Å². The highest BCUT2D eigenvalue weighted by atomic mass is 19.1. The van der Waals surface area contributed by atoms with Gasteiger partial charge in [-0.2, -0.15) is 4.39 Å². The first-order chi connectivity index (χ1) is 8.22. The SMILES string of the molecule is CNC(=O)C1CCCCN1c1ccnc(F)c1. The first kappa shape index (κ1) is 11.8. The van der Waals surface area contributed by atoms with Gasteiger partial charge in [0, 0.05) is 31.5 Å². The maximum absolute atomic E-state index is 13.1. The zero-order valence-corrected chi connectivity index (χ0v) is 9.82. The van der Waals surface area contributed by atoms with Crippen LogP contribution in [0.2, 0.25) is 0 Å². The van der Waals surface area contributed by atoms with E-state index in [2.05, 4.69) is 10.3 Å². The van der Waals surface area contributed by atoms with E-state index in [0.29, 0.717) is 0 Å². The Labute approximate surface area is 99.8 Å². The predicted octanol–water partition coefficient (Wildman–Crippen LogP) is 1.33. The van der Waals surface area contributed by atoms with Gasteiger partial charge in [-0.15, -0.1) is 0 Å². The van der Waals surface area contributed by atoms with Crippen LogP contribution in [0.5, 0.6) is 0 Å². The van der Waals surface area contributed by atoms with Gasteiger partial charge in [-0.05, 0) is 25.3 Å². The number of anilines is 1. The molecule has 5 heteroatoms. The molecule has 1 aliphatic heterocycles. The number of carbonyl (C=O) groups excluding carboxylic acids is 1. The van der Waals surface area contributed by atoms with Crippen LogP contribution in [0, 0.1) is 5.95 Å². The Morgan fingerprint density at radius 3 is 3.12 bits per heavy atom. The second kappa shape index (κ2) is 5.12. The third-order valence-electron chi connectivity index (χ3n) is 3.09. The second-order valence-electron chi connectivity index (χ2n) is 4.16. The Balaban J connectivity index is 2.24. The maximum Gasteiger partial charge on any atom is 0.242 e. The van der Waals surface area contributed by atoms with Gasteiger partial charge in [0.15, 0.2) is 0 Å². The minimum absolute atomic E-state index is 0.0121. The summed E-state index contributed by atoms with van der Waals surface area (Å²) in [5, 5.41) is 2.66. The van der Waals surface area contributed by atoms with Crippen molar-refractivity contribution < 1.29 is 9.18 Å². The molecule has 0 aliphatic carbocycles. The van der Waals surface area contributed by atoms with Crippen LogP contribution in [-0.4, -0.2) is 30.5 Å². The van der Waals surface area contributed by atoms with Crippen molar-refractivity contribution >= 4 is 11.6 Å². The van der Waals surface area contributed by atoms with Crippen molar-refractivity contribution in [1.29, 1.82) is 0 Å². The number of amides is 1. The summed E-state index contributed by atoms with van der Waals surface area (Å²) < 4.78 is 13.1. The molecular formula is C12H16FN3O. The summed E-state index contributed by atoms with van der Waals surface area (Å²) in [7, 11) is 1.63. The molecule has 17 heavy (non-hydrogen) atoms. The lowest BCUT2D eigenvalue weighted by Gasteiger charge is -2.36. The van der Waals surface area contributed by atoms with Gasteiger partial charge in [-0.1, -0.05) is 0 Å². The molecule has 1 saturated heterocycles. The standard InChI is InChI=1S/C12H16FN3O/c1-14-12(17)10-4-2-3-7-16(10)9-5-6-15-11(13)8-9/h5-6,8,10H,2-4,7H2,1H3,(H,14,17). The molecule has 1 amide bonds. The fraction of sp³-hybridized carbons (Fsp3) is 0.500. The van der Waals surface area contributed by atoms with Crippen LogP contribution in [0.3, 0.4) is 0 Å². The number of aromatic nitrogens is 1. The largest absolute Gasteiger partial charge is 0.359 e. The molecule has 1 N–H and O–H groups in total. The summed E-state index contributed by atoms with van der Waals surface area (Å²) in [5.41, 5.74) is 0.728. The Hall–Kier alpha value is -1.65. The van der Waals surface area contributed by atoms with E-state index >= 15 is 0 Å².